The molecule has 5 nitrogen and oxygen atoms in total. The van der Waals surface area contributed by atoms with Crippen molar-refractivity contribution in [2.45, 2.75) is 12.1 Å². The first-order valence-corrected chi connectivity index (χ1v) is 3.51. The monoisotopic (exact) mass is 160 g/mol. The maximum atomic E-state index is 10.2. The molecule has 11 heavy (non-hydrogen) atoms. The van der Waals surface area contributed by atoms with Gasteiger partial charge in [-0.25, -0.2) is 0 Å². The van der Waals surface area contributed by atoms with Crippen molar-refractivity contribution in [1.29, 1.82) is 0 Å². The van der Waals surface area contributed by atoms with Gasteiger partial charge in [0.05, 0.1) is 12.7 Å². The summed E-state index contributed by atoms with van der Waals surface area (Å²) < 4.78 is 5.13. The maximum Gasteiger partial charge on any atom is 0.322 e. The van der Waals surface area contributed by atoms with E-state index in [2.05, 4.69) is 5.32 Å². The van der Waals surface area contributed by atoms with E-state index < -0.39 is 12.0 Å². The molecule has 0 amide bonds. The van der Waals surface area contributed by atoms with Crippen LogP contribution in [-0.2, 0) is 9.53 Å². The van der Waals surface area contributed by atoms with Crippen molar-refractivity contribution in [2.75, 3.05) is 19.7 Å². The molecule has 0 aliphatic carbocycles. The van der Waals surface area contributed by atoms with Crippen molar-refractivity contribution < 1.29 is 14.6 Å². The van der Waals surface area contributed by atoms with Crippen LogP contribution in [0.5, 0.6) is 0 Å². The zero-order chi connectivity index (χ0) is 8.27. The number of rotatable bonds is 4. The normalized spacial score (nSPS) is 20.8. The summed E-state index contributed by atoms with van der Waals surface area (Å²) in [6.07, 6.45) is 0.153. The van der Waals surface area contributed by atoms with Gasteiger partial charge in [0.15, 0.2) is 0 Å². The van der Waals surface area contributed by atoms with E-state index in [4.69, 9.17) is 15.6 Å². The lowest BCUT2D eigenvalue weighted by Crippen LogP contribution is -2.50. The number of nitrogens with two attached hydrogens (primary N) is 1. The van der Waals surface area contributed by atoms with Crippen LogP contribution in [0.4, 0.5) is 0 Å². The molecule has 0 radical (unpaired) electrons. The molecule has 0 aromatic carbocycles. The minimum Gasteiger partial charge on any atom is -0.480 e. The summed E-state index contributed by atoms with van der Waals surface area (Å²) in [7, 11) is 0. The van der Waals surface area contributed by atoms with Crippen molar-refractivity contribution in [3.63, 3.8) is 0 Å². The van der Waals surface area contributed by atoms with E-state index in [-0.39, 0.29) is 12.7 Å². The Bertz CT molecular complexity index is 147. The lowest BCUT2D eigenvalue weighted by Gasteiger charge is -2.27. The average Bonchev–Trinajstić information content (AvgIpc) is 1.83. The van der Waals surface area contributed by atoms with Gasteiger partial charge in [-0.3, -0.25) is 4.79 Å². The van der Waals surface area contributed by atoms with Crippen LogP contribution in [0.15, 0.2) is 0 Å². The van der Waals surface area contributed by atoms with E-state index in [1.54, 1.807) is 0 Å². The van der Waals surface area contributed by atoms with Crippen LogP contribution in [0.2, 0.25) is 0 Å². The third kappa shape index (κ3) is 2.45. The van der Waals surface area contributed by atoms with Crippen LogP contribution in [0.3, 0.4) is 0 Å². The SMILES string of the molecule is N[C@@H](COC1CNC1)C(=O)O. The molecule has 1 fully saturated rings. The van der Waals surface area contributed by atoms with Gasteiger partial charge in [0, 0.05) is 13.1 Å². The van der Waals surface area contributed by atoms with Gasteiger partial charge in [0.25, 0.3) is 0 Å². The number of carboxylic acid groups (broad SMARTS) is 1. The molecule has 1 rings (SSSR count). The average molecular weight is 160 g/mol. The van der Waals surface area contributed by atoms with Gasteiger partial charge in [-0.05, 0) is 0 Å². The minimum atomic E-state index is -1.02. The number of hydrogen-bond acceptors (Lipinski definition) is 4. The second-order valence-electron chi connectivity index (χ2n) is 2.56. The van der Waals surface area contributed by atoms with Gasteiger partial charge in [0.1, 0.15) is 6.04 Å². The number of aliphatic carboxylic acids is 1. The first-order chi connectivity index (χ1) is 5.20. The number of hydrogen-bond donors (Lipinski definition) is 3. The zero-order valence-electron chi connectivity index (χ0n) is 6.12. The molecule has 1 heterocycles. The predicted octanol–water partition coefficient (Wildman–Crippen LogP) is -1.61. The van der Waals surface area contributed by atoms with Crippen molar-refractivity contribution in [3.8, 4) is 0 Å². The molecular formula is C6H12N2O3. The van der Waals surface area contributed by atoms with E-state index in [1.807, 2.05) is 0 Å². The topological polar surface area (TPSA) is 84.6 Å². The van der Waals surface area contributed by atoms with E-state index in [1.165, 1.54) is 0 Å². The summed E-state index contributed by atoms with van der Waals surface area (Å²) in [5.74, 6) is -1.02. The smallest absolute Gasteiger partial charge is 0.322 e. The number of carboxylic acids is 1. The van der Waals surface area contributed by atoms with Crippen LogP contribution in [0.1, 0.15) is 0 Å². The van der Waals surface area contributed by atoms with Crippen molar-refractivity contribution in [2.24, 2.45) is 5.73 Å². The lowest BCUT2D eigenvalue weighted by molar-refractivity contribution is -0.140. The third-order valence-corrected chi connectivity index (χ3v) is 1.57. The van der Waals surface area contributed by atoms with Gasteiger partial charge in [-0.1, -0.05) is 0 Å². The van der Waals surface area contributed by atoms with E-state index in [0.717, 1.165) is 13.1 Å². The number of carbonyl (C=O) groups is 1. The summed E-state index contributed by atoms with van der Waals surface area (Å²) in [5, 5.41) is 11.4. The molecule has 1 atom stereocenters. The molecule has 4 N–H and O–H groups in total. The molecule has 0 unspecified atom stereocenters. The second kappa shape index (κ2) is 3.66. The highest BCUT2D eigenvalue weighted by molar-refractivity contribution is 5.73. The first-order valence-electron chi connectivity index (χ1n) is 3.51. The second-order valence-corrected chi connectivity index (χ2v) is 2.56. The van der Waals surface area contributed by atoms with Crippen LogP contribution < -0.4 is 11.1 Å². The quantitative estimate of drug-likeness (QED) is 0.460. The Morgan fingerprint density at radius 2 is 2.45 bits per heavy atom. The maximum absolute atomic E-state index is 10.2. The predicted molar refractivity (Wildman–Crippen MR) is 38.2 cm³/mol. The Hall–Kier alpha value is -0.650. The molecule has 0 bridgehead atoms. The summed E-state index contributed by atoms with van der Waals surface area (Å²) in [6.45, 7) is 1.69. The number of nitrogens with one attached hydrogen (secondary N) is 1. The Labute approximate surface area is 64.5 Å². The standard InChI is InChI=1S/C6H12N2O3/c7-5(6(9)10)3-11-4-1-8-2-4/h4-5,8H,1-3,7H2,(H,9,10)/t5-/m0/s1. The molecule has 1 saturated heterocycles. The summed E-state index contributed by atoms with van der Waals surface area (Å²) >= 11 is 0. The third-order valence-electron chi connectivity index (χ3n) is 1.57. The highest BCUT2D eigenvalue weighted by atomic mass is 16.5. The molecule has 1 aliphatic rings. The lowest BCUT2D eigenvalue weighted by atomic mass is 10.2. The van der Waals surface area contributed by atoms with Gasteiger partial charge < -0.3 is 20.9 Å². The Morgan fingerprint density at radius 3 is 2.82 bits per heavy atom. The molecule has 1 aliphatic heterocycles. The molecule has 5 heteroatoms. The van der Waals surface area contributed by atoms with Crippen LogP contribution >= 0.6 is 0 Å². The fourth-order valence-electron chi connectivity index (χ4n) is 0.691. The Kier molecular flexibility index (Phi) is 2.81. The van der Waals surface area contributed by atoms with Crippen molar-refractivity contribution >= 4 is 5.97 Å². The van der Waals surface area contributed by atoms with Gasteiger partial charge in [0.2, 0.25) is 0 Å². The van der Waals surface area contributed by atoms with E-state index in [9.17, 15) is 4.79 Å². The van der Waals surface area contributed by atoms with Crippen LogP contribution in [0.25, 0.3) is 0 Å². The van der Waals surface area contributed by atoms with Crippen LogP contribution in [0, 0.1) is 0 Å². The van der Waals surface area contributed by atoms with Crippen molar-refractivity contribution in [3.05, 3.63) is 0 Å². The fourth-order valence-corrected chi connectivity index (χ4v) is 0.691. The Balaban J connectivity index is 2.05. The van der Waals surface area contributed by atoms with E-state index >= 15 is 0 Å². The highest BCUT2D eigenvalue weighted by Gasteiger charge is 2.20. The molecule has 0 spiro atoms. The van der Waals surface area contributed by atoms with Gasteiger partial charge >= 0.3 is 5.97 Å². The molecule has 64 valence electrons. The van der Waals surface area contributed by atoms with E-state index in [0.29, 0.717) is 0 Å². The molecule has 0 aromatic rings. The zero-order valence-corrected chi connectivity index (χ0v) is 6.12. The molecular weight excluding hydrogens is 148 g/mol. The summed E-state index contributed by atoms with van der Waals surface area (Å²) in [5.41, 5.74) is 5.20. The summed E-state index contributed by atoms with van der Waals surface area (Å²) in [6, 6.07) is -0.893. The van der Waals surface area contributed by atoms with Gasteiger partial charge in [-0.2, -0.15) is 0 Å². The first kappa shape index (κ1) is 8.45. The molecule has 0 saturated carbocycles. The molecule has 0 aromatic heterocycles. The fraction of sp³-hybridized carbons (Fsp3) is 0.833. The van der Waals surface area contributed by atoms with Crippen molar-refractivity contribution in [1.82, 2.24) is 5.32 Å². The largest absolute Gasteiger partial charge is 0.480 e. The summed E-state index contributed by atoms with van der Waals surface area (Å²) in [4.78, 5) is 10.2. The minimum absolute atomic E-state index is 0.0989. The van der Waals surface area contributed by atoms with Crippen LogP contribution in [-0.4, -0.2) is 42.9 Å². The Morgan fingerprint density at radius 1 is 1.82 bits per heavy atom. The van der Waals surface area contributed by atoms with Gasteiger partial charge in [-0.15, -0.1) is 0 Å². The number of ether oxygens (including phenoxy) is 1. The highest BCUT2D eigenvalue weighted by Crippen LogP contribution is 1.98.